The topological polar surface area (TPSA) is 66.4 Å². The maximum Gasteiger partial charge on any atom is 0.337 e. The lowest BCUT2D eigenvalue weighted by Gasteiger charge is -2.09. The van der Waals surface area contributed by atoms with Gasteiger partial charge >= 0.3 is 5.97 Å². The third kappa shape index (κ3) is 3.03. The van der Waals surface area contributed by atoms with Crippen LogP contribution in [-0.2, 0) is 0 Å². The number of carboxylic acids is 1. The van der Waals surface area contributed by atoms with E-state index in [0.717, 1.165) is 6.07 Å². The Kier molecular flexibility index (Phi) is 4.14. The first-order chi connectivity index (χ1) is 9.49. The molecule has 0 aliphatic heterocycles. The Morgan fingerprint density at radius 2 is 1.80 bits per heavy atom. The molecule has 0 spiro atoms. The predicted octanol–water partition coefficient (Wildman–Crippen LogP) is 3.54. The second-order valence-corrected chi connectivity index (χ2v) is 4.84. The number of nitrogens with one attached hydrogen (secondary N) is 1. The molecule has 0 atom stereocenters. The molecular weight excluding hydrogens is 329 g/mol. The number of rotatable bonds is 3. The zero-order chi connectivity index (χ0) is 14.7. The molecule has 1 amide bonds. The second-order valence-electron chi connectivity index (χ2n) is 3.93. The van der Waals surface area contributed by atoms with Crippen LogP contribution in [0.2, 0.25) is 0 Å². The average molecular weight is 338 g/mol. The van der Waals surface area contributed by atoms with Crippen LogP contribution in [-0.4, -0.2) is 17.0 Å². The van der Waals surface area contributed by atoms with Gasteiger partial charge in [-0.2, -0.15) is 0 Å². The Morgan fingerprint density at radius 1 is 1.10 bits per heavy atom. The first-order valence-corrected chi connectivity index (χ1v) is 6.37. The Bertz CT molecular complexity index is 688. The van der Waals surface area contributed by atoms with Crippen molar-refractivity contribution in [3.63, 3.8) is 0 Å². The fraction of sp³-hybridized carbons (Fsp3) is 0. The molecular formula is C14H9BrFNO3. The van der Waals surface area contributed by atoms with Gasteiger partial charge in [-0.05, 0) is 30.3 Å². The molecule has 0 saturated heterocycles. The smallest absolute Gasteiger partial charge is 0.337 e. The second kappa shape index (κ2) is 5.83. The maximum absolute atomic E-state index is 13.5. The number of amides is 1. The molecule has 102 valence electrons. The van der Waals surface area contributed by atoms with Crippen molar-refractivity contribution in [1.29, 1.82) is 0 Å². The predicted molar refractivity (Wildman–Crippen MR) is 75.5 cm³/mol. The number of hydrogen-bond acceptors (Lipinski definition) is 2. The number of carbonyl (C=O) groups excluding carboxylic acids is 1. The van der Waals surface area contributed by atoms with Gasteiger partial charge in [0.2, 0.25) is 0 Å². The third-order valence-electron chi connectivity index (χ3n) is 2.58. The van der Waals surface area contributed by atoms with Crippen LogP contribution in [0.15, 0.2) is 46.9 Å². The zero-order valence-electron chi connectivity index (χ0n) is 10.1. The molecule has 2 aromatic carbocycles. The van der Waals surface area contributed by atoms with Gasteiger partial charge < -0.3 is 10.4 Å². The van der Waals surface area contributed by atoms with Crippen LogP contribution in [0.25, 0.3) is 0 Å². The Balaban J connectivity index is 2.33. The highest BCUT2D eigenvalue weighted by molar-refractivity contribution is 9.10. The molecule has 2 rings (SSSR count). The van der Waals surface area contributed by atoms with Crippen LogP contribution in [0.4, 0.5) is 10.1 Å². The van der Waals surface area contributed by atoms with E-state index in [4.69, 9.17) is 5.11 Å². The molecule has 4 nitrogen and oxygen atoms in total. The summed E-state index contributed by atoms with van der Waals surface area (Å²) in [6.07, 6.45) is 0. The minimum absolute atomic E-state index is 0.0796. The molecule has 0 bridgehead atoms. The lowest BCUT2D eigenvalue weighted by molar-refractivity contribution is 0.0698. The molecule has 0 aliphatic carbocycles. The fourth-order valence-corrected chi connectivity index (χ4v) is 2.00. The van der Waals surface area contributed by atoms with Crippen LogP contribution in [0.3, 0.4) is 0 Å². The summed E-state index contributed by atoms with van der Waals surface area (Å²) in [6, 6.07) is 9.86. The summed E-state index contributed by atoms with van der Waals surface area (Å²) < 4.78 is 14.0. The largest absolute Gasteiger partial charge is 0.478 e. The molecule has 0 heterocycles. The van der Waals surface area contributed by atoms with Crippen molar-refractivity contribution in [1.82, 2.24) is 0 Å². The Labute approximate surface area is 122 Å². The number of hydrogen-bond donors (Lipinski definition) is 2. The van der Waals surface area contributed by atoms with Gasteiger partial charge in [-0.1, -0.05) is 28.1 Å². The molecule has 2 aromatic rings. The zero-order valence-corrected chi connectivity index (χ0v) is 11.6. The number of carbonyl (C=O) groups is 2. The summed E-state index contributed by atoms with van der Waals surface area (Å²) in [5.41, 5.74) is -0.121. The van der Waals surface area contributed by atoms with Crippen LogP contribution in [0.5, 0.6) is 0 Å². The van der Waals surface area contributed by atoms with E-state index in [2.05, 4.69) is 21.2 Å². The SMILES string of the molecule is O=C(Nc1ccc(Br)cc1C(=O)O)c1ccccc1F. The van der Waals surface area contributed by atoms with Gasteiger partial charge in [0.05, 0.1) is 16.8 Å². The summed E-state index contributed by atoms with van der Waals surface area (Å²) in [5, 5.41) is 11.5. The van der Waals surface area contributed by atoms with Gasteiger partial charge in [-0.3, -0.25) is 4.79 Å². The Morgan fingerprint density at radius 3 is 2.45 bits per heavy atom. The van der Waals surface area contributed by atoms with Crippen LogP contribution in [0, 0.1) is 5.82 Å². The first-order valence-electron chi connectivity index (χ1n) is 5.58. The molecule has 6 heteroatoms. The number of benzene rings is 2. The molecule has 0 saturated carbocycles. The fourth-order valence-electron chi connectivity index (χ4n) is 1.64. The monoisotopic (exact) mass is 337 g/mol. The summed E-state index contributed by atoms with van der Waals surface area (Å²) in [7, 11) is 0. The van der Waals surface area contributed by atoms with E-state index >= 15 is 0 Å². The van der Waals surface area contributed by atoms with E-state index < -0.39 is 17.7 Å². The van der Waals surface area contributed by atoms with E-state index in [0.29, 0.717) is 4.47 Å². The molecule has 0 aromatic heterocycles. The summed E-state index contributed by atoms with van der Waals surface area (Å²) in [5.74, 6) is -2.55. The molecule has 20 heavy (non-hydrogen) atoms. The quantitative estimate of drug-likeness (QED) is 0.900. The van der Waals surface area contributed by atoms with Gasteiger partial charge in [0, 0.05) is 4.47 Å². The summed E-state index contributed by atoms with van der Waals surface area (Å²) >= 11 is 3.15. The molecule has 0 radical (unpaired) electrons. The minimum Gasteiger partial charge on any atom is -0.478 e. The van der Waals surface area contributed by atoms with Crippen molar-refractivity contribution in [2.75, 3.05) is 5.32 Å². The van der Waals surface area contributed by atoms with Crippen molar-refractivity contribution in [3.8, 4) is 0 Å². The van der Waals surface area contributed by atoms with Gasteiger partial charge in [0.25, 0.3) is 5.91 Å². The van der Waals surface area contributed by atoms with Crippen molar-refractivity contribution in [3.05, 3.63) is 63.9 Å². The van der Waals surface area contributed by atoms with Crippen molar-refractivity contribution < 1.29 is 19.1 Å². The number of carboxylic acid groups (broad SMARTS) is 1. The highest BCUT2D eigenvalue weighted by Crippen LogP contribution is 2.22. The van der Waals surface area contributed by atoms with Gasteiger partial charge in [0.15, 0.2) is 0 Å². The van der Waals surface area contributed by atoms with Crippen molar-refractivity contribution >= 4 is 33.5 Å². The van der Waals surface area contributed by atoms with E-state index in [9.17, 15) is 14.0 Å². The number of halogens is 2. The normalized spacial score (nSPS) is 10.1. The molecule has 0 unspecified atom stereocenters. The standard InChI is InChI=1S/C14H9BrFNO3/c15-8-5-6-12(10(7-8)14(19)20)17-13(18)9-3-1-2-4-11(9)16/h1-7H,(H,17,18)(H,19,20). The van der Waals surface area contributed by atoms with Crippen LogP contribution < -0.4 is 5.32 Å². The van der Waals surface area contributed by atoms with E-state index in [1.807, 2.05) is 0 Å². The van der Waals surface area contributed by atoms with E-state index in [1.54, 1.807) is 6.07 Å². The minimum atomic E-state index is -1.19. The van der Waals surface area contributed by atoms with Crippen LogP contribution >= 0.6 is 15.9 Å². The maximum atomic E-state index is 13.5. The number of anilines is 1. The average Bonchev–Trinajstić information content (AvgIpc) is 2.41. The van der Waals surface area contributed by atoms with Gasteiger partial charge in [-0.25, -0.2) is 9.18 Å². The highest BCUT2D eigenvalue weighted by atomic mass is 79.9. The lowest BCUT2D eigenvalue weighted by Crippen LogP contribution is -2.16. The van der Waals surface area contributed by atoms with Crippen molar-refractivity contribution in [2.45, 2.75) is 0 Å². The van der Waals surface area contributed by atoms with Gasteiger partial charge in [-0.15, -0.1) is 0 Å². The molecule has 0 fully saturated rings. The third-order valence-corrected chi connectivity index (χ3v) is 3.07. The van der Waals surface area contributed by atoms with Crippen molar-refractivity contribution in [2.24, 2.45) is 0 Å². The highest BCUT2D eigenvalue weighted by Gasteiger charge is 2.16. The van der Waals surface area contributed by atoms with Gasteiger partial charge in [0.1, 0.15) is 5.82 Å². The summed E-state index contributed by atoms with van der Waals surface area (Å²) in [6.45, 7) is 0. The number of aromatic carboxylic acids is 1. The first kappa shape index (κ1) is 14.2. The van der Waals surface area contributed by atoms with E-state index in [-0.39, 0.29) is 16.8 Å². The Hall–Kier alpha value is -2.21. The molecule has 2 N–H and O–H groups in total. The summed E-state index contributed by atoms with van der Waals surface area (Å²) in [4.78, 5) is 23.1. The van der Waals surface area contributed by atoms with E-state index in [1.165, 1.54) is 30.3 Å². The molecule has 0 aliphatic rings. The lowest BCUT2D eigenvalue weighted by atomic mass is 10.1. The van der Waals surface area contributed by atoms with Crippen LogP contribution in [0.1, 0.15) is 20.7 Å².